The van der Waals surface area contributed by atoms with Crippen molar-refractivity contribution in [1.82, 2.24) is 9.62 Å². The summed E-state index contributed by atoms with van der Waals surface area (Å²) in [5, 5.41) is 4.81. The van der Waals surface area contributed by atoms with E-state index in [4.69, 9.17) is 0 Å². The number of hydrogen-bond acceptors (Lipinski definition) is 5. The van der Waals surface area contributed by atoms with Crippen LogP contribution < -0.4 is 10.0 Å². The lowest BCUT2D eigenvalue weighted by molar-refractivity contribution is -0.121. The van der Waals surface area contributed by atoms with Gasteiger partial charge in [0.05, 0.1) is 6.04 Å². The zero-order chi connectivity index (χ0) is 20.3. The number of piperidine rings is 1. The Morgan fingerprint density at radius 3 is 2.36 bits per heavy atom. The van der Waals surface area contributed by atoms with Crippen molar-refractivity contribution >= 4 is 33.0 Å². The minimum Gasteiger partial charge on any atom is -0.324 e. The van der Waals surface area contributed by atoms with Crippen LogP contribution in [-0.2, 0) is 14.8 Å². The summed E-state index contributed by atoms with van der Waals surface area (Å²) in [7, 11) is -3.45. The van der Waals surface area contributed by atoms with Gasteiger partial charge in [-0.25, -0.2) is 13.1 Å². The van der Waals surface area contributed by atoms with Crippen molar-refractivity contribution in [2.45, 2.75) is 49.9 Å². The molecule has 3 rings (SSSR count). The molecule has 1 atom stereocenters. The number of nitrogens with zero attached hydrogens (tertiary/aromatic N) is 1. The number of para-hydroxylation sites is 1. The topological polar surface area (TPSA) is 78.5 Å². The second-order valence-electron chi connectivity index (χ2n) is 7.30. The van der Waals surface area contributed by atoms with Crippen molar-refractivity contribution in [3.05, 3.63) is 46.8 Å². The number of hydrogen-bond donors (Lipinski definition) is 2. The predicted molar refractivity (Wildman–Crippen MR) is 113 cm³/mol. The average Bonchev–Trinajstić information content (AvgIpc) is 3.20. The SMILES string of the molecule is Cc1cccc(C)c1NC(=O)[C@@H](C)N1CCC(NS(=O)(=O)c2cccs2)CC1. The lowest BCUT2D eigenvalue weighted by atomic mass is 10.0. The van der Waals surface area contributed by atoms with Crippen molar-refractivity contribution < 1.29 is 13.2 Å². The second-order valence-corrected chi connectivity index (χ2v) is 10.2. The summed E-state index contributed by atoms with van der Waals surface area (Å²) in [6.07, 6.45) is 1.37. The second kappa shape index (κ2) is 8.73. The summed E-state index contributed by atoms with van der Waals surface area (Å²) >= 11 is 1.22. The number of thiophene rings is 1. The van der Waals surface area contributed by atoms with Crippen molar-refractivity contribution in [1.29, 1.82) is 0 Å². The molecule has 2 heterocycles. The molecule has 1 saturated heterocycles. The molecule has 0 radical (unpaired) electrons. The van der Waals surface area contributed by atoms with Crippen LogP contribution in [0.3, 0.4) is 0 Å². The van der Waals surface area contributed by atoms with Gasteiger partial charge in [-0.05, 0) is 56.2 Å². The number of sulfonamides is 1. The minimum atomic E-state index is -3.45. The Morgan fingerprint density at radius 1 is 1.14 bits per heavy atom. The van der Waals surface area contributed by atoms with Gasteiger partial charge < -0.3 is 5.32 Å². The van der Waals surface area contributed by atoms with E-state index in [2.05, 4.69) is 14.9 Å². The number of anilines is 1. The summed E-state index contributed by atoms with van der Waals surface area (Å²) < 4.78 is 27.9. The molecule has 8 heteroatoms. The average molecular weight is 422 g/mol. The number of carbonyl (C=O) groups excluding carboxylic acids is 1. The highest BCUT2D eigenvalue weighted by atomic mass is 32.2. The third-order valence-electron chi connectivity index (χ3n) is 5.27. The van der Waals surface area contributed by atoms with Crippen LogP contribution in [0.15, 0.2) is 39.9 Å². The Hall–Kier alpha value is -1.74. The summed E-state index contributed by atoms with van der Waals surface area (Å²) in [6, 6.07) is 8.93. The molecule has 0 spiro atoms. The summed E-state index contributed by atoms with van der Waals surface area (Å²) in [5.41, 5.74) is 2.96. The summed E-state index contributed by atoms with van der Waals surface area (Å²) in [4.78, 5) is 14.8. The molecule has 152 valence electrons. The van der Waals surface area contributed by atoms with Gasteiger partial charge in [-0.1, -0.05) is 24.3 Å². The molecule has 28 heavy (non-hydrogen) atoms. The van der Waals surface area contributed by atoms with Crippen LogP contribution in [0.25, 0.3) is 0 Å². The first kappa shape index (κ1) is 21.0. The lowest BCUT2D eigenvalue weighted by Crippen LogP contribution is -2.50. The number of amides is 1. The van der Waals surface area contributed by atoms with Crippen LogP contribution in [0, 0.1) is 13.8 Å². The summed E-state index contributed by atoms with van der Waals surface area (Å²) in [6.45, 7) is 7.23. The van der Waals surface area contributed by atoms with Crippen molar-refractivity contribution in [3.63, 3.8) is 0 Å². The quantitative estimate of drug-likeness (QED) is 0.751. The molecule has 0 bridgehead atoms. The van der Waals surface area contributed by atoms with Gasteiger partial charge in [0.2, 0.25) is 15.9 Å². The Balaban J connectivity index is 1.55. The fourth-order valence-corrected chi connectivity index (χ4v) is 5.82. The molecule has 2 aromatic rings. The van der Waals surface area contributed by atoms with Gasteiger partial charge >= 0.3 is 0 Å². The van der Waals surface area contributed by atoms with E-state index >= 15 is 0 Å². The molecule has 2 N–H and O–H groups in total. The van der Waals surface area contributed by atoms with Gasteiger partial charge in [-0.3, -0.25) is 9.69 Å². The third kappa shape index (κ3) is 4.81. The van der Waals surface area contributed by atoms with Crippen LogP contribution in [0.1, 0.15) is 30.9 Å². The number of carbonyl (C=O) groups is 1. The van der Waals surface area contributed by atoms with Crippen LogP contribution in [-0.4, -0.2) is 44.4 Å². The zero-order valence-electron chi connectivity index (χ0n) is 16.4. The number of aryl methyl sites for hydroxylation is 2. The van der Waals surface area contributed by atoms with E-state index in [1.165, 1.54) is 11.3 Å². The molecule has 1 aliphatic heterocycles. The van der Waals surface area contributed by atoms with Gasteiger partial charge in [0.25, 0.3) is 0 Å². The number of likely N-dealkylation sites (tertiary alicyclic amines) is 1. The molecule has 1 amide bonds. The first-order chi connectivity index (χ1) is 13.3. The first-order valence-corrected chi connectivity index (χ1v) is 11.8. The van der Waals surface area contributed by atoms with Crippen LogP contribution >= 0.6 is 11.3 Å². The monoisotopic (exact) mass is 421 g/mol. The standard InChI is InChI=1S/C20H27N3O3S2/c1-14-6-4-7-15(2)19(14)21-20(24)16(3)23-11-9-17(10-12-23)22-28(25,26)18-8-5-13-27-18/h4-8,13,16-17,22H,9-12H2,1-3H3,(H,21,24)/t16-/m1/s1. The van der Waals surface area contributed by atoms with Crippen LogP contribution in [0.5, 0.6) is 0 Å². The molecule has 0 saturated carbocycles. The highest BCUT2D eigenvalue weighted by Gasteiger charge is 2.29. The maximum atomic E-state index is 12.7. The minimum absolute atomic E-state index is 0.0324. The Bertz CT molecular complexity index is 898. The Labute approximate surface area is 171 Å². The van der Waals surface area contributed by atoms with Crippen molar-refractivity contribution in [3.8, 4) is 0 Å². The smallest absolute Gasteiger partial charge is 0.250 e. The predicted octanol–water partition coefficient (Wildman–Crippen LogP) is 3.13. The molecule has 1 fully saturated rings. The third-order valence-corrected chi connectivity index (χ3v) is 8.19. The summed E-state index contributed by atoms with van der Waals surface area (Å²) in [5.74, 6) is -0.0324. The van der Waals surface area contributed by atoms with Gasteiger partial charge in [0, 0.05) is 24.8 Å². The van der Waals surface area contributed by atoms with Gasteiger partial charge in [-0.15, -0.1) is 11.3 Å². The molecule has 1 aliphatic rings. The molecular formula is C20H27N3O3S2. The lowest BCUT2D eigenvalue weighted by Gasteiger charge is -2.35. The van der Waals surface area contributed by atoms with E-state index in [9.17, 15) is 13.2 Å². The molecular weight excluding hydrogens is 394 g/mol. The normalized spacial score (nSPS) is 17.4. The maximum absolute atomic E-state index is 12.7. The fraction of sp³-hybridized carbons (Fsp3) is 0.450. The van der Waals surface area contributed by atoms with E-state index in [1.807, 2.05) is 39.0 Å². The van der Waals surface area contributed by atoms with E-state index < -0.39 is 10.0 Å². The van der Waals surface area contributed by atoms with E-state index in [0.29, 0.717) is 30.1 Å². The largest absolute Gasteiger partial charge is 0.324 e. The first-order valence-electron chi connectivity index (χ1n) is 9.45. The highest BCUT2D eigenvalue weighted by molar-refractivity contribution is 7.91. The van der Waals surface area contributed by atoms with E-state index in [-0.39, 0.29) is 18.0 Å². The van der Waals surface area contributed by atoms with Gasteiger partial charge in [0.1, 0.15) is 4.21 Å². The zero-order valence-corrected chi connectivity index (χ0v) is 18.1. The Morgan fingerprint density at radius 2 is 1.79 bits per heavy atom. The number of rotatable bonds is 6. The molecule has 6 nitrogen and oxygen atoms in total. The molecule has 0 aliphatic carbocycles. The van der Waals surface area contributed by atoms with Gasteiger partial charge in [-0.2, -0.15) is 0 Å². The van der Waals surface area contributed by atoms with E-state index in [0.717, 1.165) is 16.8 Å². The van der Waals surface area contributed by atoms with Crippen LogP contribution in [0.2, 0.25) is 0 Å². The number of benzene rings is 1. The maximum Gasteiger partial charge on any atom is 0.250 e. The van der Waals surface area contributed by atoms with Crippen LogP contribution in [0.4, 0.5) is 5.69 Å². The molecule has 1 aromatic carbocycles. The van der Waals surface area contributed by atoms with Gasteiger partial charge in [0.15, 0.2) is 0 Å². The van der Waals surface area contributed by atoms with Crippen molar-refractivity contribution in [2.75, 3.05) is 18.4 Å². The van der Waals surface area contributed by atoms with E-state index in [1.54, 1.807) is 17.5 Å². The molecule has 1 aromatic heterocycles. The fourth-order valence-electron chi connectivity index (χ4n) is 3.50. The number of nitrogens with one attached hydrogen (secondary N) is 2. The highest BCUT2D eigenvalue weighted by Crippen LogP contribution is 2.22. The molecule has 0 unspecified atom stereocenters. The van der Waals surface area contributed by atoms with Crippen molar-refractivity contribution in [2.24, 2.45) is 0 Å². The Kier molecular flexibility index (Phi) is 6.54.